The van der Waals surface area contributed by atoms with E-state index >= 15 is 0 Å². The standard InChI is InChI=1S/C40H28N8O9S2/c49-39(50)27-5-9-29(10-6-27)41-43-31-15-19-33(20-16-31)45-47-35-13-3-25(37(23-35)57-58-53)1-2-26-4-14-36(24-38(26)59(54,55)56)48-46-34-21-17-32(18-22-34)44-42-30-11-7-28(8-12-30)40(51)52/h1-24,53H,(H,49,50)(H,51,52)(H,54,55,56)/b2-1-,43-41?,44-42?,47-45?,48-46?. The van der Waals surface area contributed by atoms with E-state index < -0.39 is 27.0 Å². The van der Waals surface area contributed by atoms with Crippen LogP contribution in [0.25, 0.3) is 12.2 Å². The van der Waals surface area contributed by atoms with Crippen LogP contribution in [0, 0.1) is 0 Å². The number of carboxylic acids is 2. The van der Waals surface area contributed by atoms with E-state index in [1.807, 2.05) is 0 Å². The van der Waals surface area contributed by atoms with Crippen LogP contribution >= 0.6 is 12.3 Å². The SMILES string of the molecule is O=C(O)c1ccc(N=Nc2ccc(N=Nc3ccc(/C=C\c4ccc(N=Nc5ccc(N=Nc6ccc(C(=O)O)cc6)cc5)cc4S(=O)(=O)O)c(OSO)c3)cc2)cc1. The molecule has 0 saturated carbocycles. The van der Waals surface area contributed by atoms with Gasteiger partial charge < -0.3 is 14.4 Å². The Kier molecular flexibility index (Phi) is 13.3. The minimum atomic E-state index is -4.71. The van der Waals surface area contributed by atoms with Crippen molar-refractivity contribution < 1.29 is 41.5 Å². The third-order valence-electron chi connectivity index (χ3n) is 7.89. The Balaban J connectivity index is 1.11. The Morgan fingerprint density at radius 2 is 0.780 bits per heavy atom. The Morgan fingerprint density at radius 3 is 1.14 bits per heavy atom. The predicted molar refractivity (Wildman–Crippen MR) is 219 cm³/mol. The van der Waals surface area contributed by atoms with E-state index in [0.29, 0.717) is 45.4 Å². The molecule has 6 rings (SSSR count). The molecule has 0 amide bonds. The molecule has 4 N–H and O–H groups in total. The first-order valence-electron chi connectivity index (χ1n) is 16.9. The highest BCUT2D eigenvalue weighted by molar-refractivity contribution is 7.89. The highest BCUT2D eigenvalue weighted by atomic mass is 32.2. The van der Waals surface area contributed by atoms with Crippen LogP contribution in [0.2, 0.25) is 0 Å². The van der Waals surface area contributed by atoms with Gasteiger partial charge in [0.1, 0.15) is 10.6 Å². The summed E-state index contributed by atoms with van der Waals surface area (Å²) >= 11 is 0.0999. The molecule has 0 aliphatic carbocycles. The van der Waals surface area contributed by atoms with Gasteiger partial charge in [0.05, 0.1) is 56.6 Å². The third-order valence-corrected chi connectivity index (χ3v) is 9.06. The van der Waals surface area contributed by atoms with Crippen molar-refractivity contribution in [1.29, 1.82) is 0 Å². The lowest BCUT2D eigenvalue weighted by Gasteiger charge is -2.07. The van der Waals surface area contributed by atoms with Gasteiger partial charge in [-0.15, -0.1) is 0 Å². The van der Waals surface area contributed by atoms with Crippen molar-refractivity contribution in [2.45, 2.75) is 4.90 Å². The monoisotopic (exact) mass is 828 g/mol. The van der Waals surface area contributed by atoms with Crippen LogP contribution in [-0.2, 0) is 10.1 Å². The van der Waals surface area contributed by atoms with Crippen LogP contribution in [0.15, 0.2) is 179 Å². The molecule has 17 nitrogen and oxygen atoms in total. The molecule has 0 aliphatic rings. The summed E-state index contributed by atoms with van der Waals surface area (Å²) in [6.07, 6.45) is 2.96. The van der Waals surface area contributed by atoms with Gasteiger partial charge in [-0.3, -0.25) is 9.11 Å². The molecule has 0 aromatic heterocycles. The first-order valence-corrected chi connectivity index (χ1v) is 19.0. The number of benzene rings is 6. The zero-order valence-electron chi connectivity index (χ0n) is 30.1. The van der Waals surface area contributed by atoms with Gasteiger partial charge in [-0.1, -0.05) is 18.2 Å². The molecule has 0 atom stereocenters. The van der Waals surface area contributed by atoms with Gasteiger partial charge in [0.15, 0.2) is 0 Å². The zero-order chi connectivity index (χ0) is 41.8. The number of hydrogen-bond donors (Lipinski definition) is 4. The molecule has 59 heavy (non-hydrogen) atoms. The van der Waals surface area contributed by atoms with Crippen LogP contribution in [-0.4, -0.2) is 39.7 Å². The van der Waals surface area contributed by atoms with E-state index in [1.54, 1.807) is 72.8 Å². The summed E-state index contributed by atoms with van der Waals surface area (Å²) in [6.45, 7) is 0. The fraction of sp³-hybridized carbons (Fsp3) is 0. The van der Waals surface area contributed by atoms with Gasteiger partial charge in [0, 0.05) is 11.6 Å². The summed E-state index contributed by atoms with van der Waals surface area (Å²) in [5.41, 5.74) is 4.25. The van der Waals surface area contributed by atoms with Gasteiger partial charge >= 0.3 is 11.9 Å². The normalized spacial score (nSPS) is 12.0. The average Bonchev–Trinajstić information content (AvgIpc) is 3.24. The second-order valence-electron chi connectivity index (χ2n) is 11.9. The van der Waals surface area contributed by atoms with E-state index in [1.165, 1.54) is 66.7 Å². The minimum Gasteiger partial charge on any atom is -0.478 e. The minimum absolute atomic E-state index is 0.0999. The second-order valence-corrected chi connectivity index (χ2v) is 13.7. The molecule has 0 heterocycles. The molecule has 0 radical (unpaired) electrons. The topological polar surface area (TPSA) is 257 Å². The summed E-state index contributed by atoms with van der Waals surface area (Å²) in [4.78, 5) is 21.6. The van der Waals surface area contributed by atoms with E-state index in [4.69, 9.17) is 14.4 Å². The van der Waals surface area contributed by atoms with E-state index in [-0.39, 0.29) is 40.5 Å². The van der Waals surface area contributed by atoms with Crippen molar-refractivity contribution in [1.82, 2.24) is 0 Å². The van der Waals surface area contributed by atoms with Gasteiger partial charge in [0.2, 0.25) is 12.3 Å². The Morgan fingerprint density at radius 1 is 0.475 bits per heavy atom. The summed E-state index contributed by atoms with van der Waals surface area (Å²) in [7, 11) is -4.71. The maximum absolute atomic E-state index is 12.4. The number of carbonyl (C=O) groups is 2. The molecule has 0 unspecified atom stereocenters. The van der Waals surface area contributed by atoms with E-state index in [0.717, 1.165) is 6.07 Å². The van der Waals surface area contributed by atoms with E-state index in [9.17, 15) is 27.1 Å². The highest BCUT2D eigenvalue weighted by Gasteiger charge is 2.16. The van der Waals surface area contributed by atoms with Crippen LogP contribution in [0.3, 0.4) is 0 Å². The summed E-state index contributed by atoms with van der Waals surface area (Å²) in [5, 5.41) is 51.1. The number of rotatable bonds is 15. The molecule has 0 aliphatic heterocycles. The molecular formula is C40H28N8O9S2. The maximum atomic E-state index is 12.4. The quantitative estimate of drug-likeness (QED) is 0.0329. The molecule has 0 spiro atoms. The third kappa shape index (κ3) is 11.7. The van der Waals surface area contributed by atoms with Gasteiger partial charge in [-0.05, 0) is 127 Å². The average molecular weight is 829 g/mol. The van der Waals surface area contributed by atoms with Crippen molar-refractivity contribution in [2.75, 3.05) is 0 Å². The number of azo groups is 4. The zero-order valence-corrected chi connectivity index (χ0v) is 31.7. The summed E-state index contributed by atoms with van der Waals surface area (Å²) < 4.78 is 49.5. The van der Waals surface area contributed by atoms with Crippen molar-refractivity contribution in [3.63, 3.8) is 0 Å². The van der Waals surface area contributed by atoms with Crippen molar-refractivity contribution in [3.05, 3.63) is 156 Å². The molecule has 0 saturated heterocycles. The second kappa shape index (κ2) is 19.0. The number of nitrogens with zero attached hydrogens (tertiary/aromatic N) is 8. The largest absolute Gasteiger partial charge is 0.478 e. The Hall–Kier alpha value is -7.58. The van der Waals surface area contributed by atoms with E-state index in [2.05, 4.69) is 40.9 Å². The first kappa shape index (κ1) is 41.1. The Labute approximate surface area is 339 Å². The first-order chi connectivity index (χ1) is 28.4. The Bertz CT molecular complexity index is 2740. The maximum Gasteiger partial charge on any atom is 0.335 e. The molecular weight excluding hydrogens is 801 g/mol. The predicted octanol–water partition coefficient (Wildman–Crippen LogP) is 12.7. The highest BCUT2D eigenvalue weighted by Crippen LogP contribution is 2.32. The number of aromatic carboxylic acids is 2. The van der Waals surface area contributed by atoms with Crippen LogP contribution < -0.4 is 4.18 Å². The number of carboxylic acid groups (broad SMARTS) is 2. The lowest BCUT2D eigenvalue weighted by atomic mass is 10.1. The van der Waals surface area contributed by atoms with Crippen molar-refractivity contribution >= 4 is 92.0 Å². The van der Waals surface area contributed by atoms with Gasteiger partial charge in [-0.25, -0.2) is 9.59 Å². The van der Waals surface area contributed by atoms with Gasteiger partial charge in [0.25, 0.3) is 10.1 Å². The molecule has 0 bridgehead atoms. The number of hydrogen-bond acceptors (Lipinski definition) is 15. The molecule has 6 aromatic rings. The van der Waals surface area contributed by atoms with Crippen LogP contribution in [0.5, 0.6) is 5.75 Å². The molecule has 294 valence electrons. The fourth-order valence-electron chi connectivity index (χ4n) is 4.94. The van der Waals surface area contributed by atoms with Crippen molar-refractivity contribution in [2.24, 2.45) is 40.9 Å². The van der Waals surface area contributed by atoms with Crippen LogP contribution in [0.1, 0.15) is 31.8 Å². The van der Waals surface area contributed by atoms with Crippen molar-refractivity contribution in [3.8, 4) is 5.75 Å². The molecule has 6 aromatic carbocycles. The lowest BCUT2D eigenvalue weighted by molar-refractivity contribution is 0.0686. The molecule has 19 heteroatoms. The van der Waals surface area contributed by atoms with Crippen LogP contribution in [0.4, 0.5) is 45.5 Å². The summed E-state index contributed by atoms with van der Waals surface area (Å²) in [5.74, 6) is -1.90. The molecule has 0 fully saturated rings. The summed E-state index contributed by atoms with van der Waals surface area (Å²) in [6, 6.07) is 33.9. The smallest absolute Gasteiger partial charge is 0.335 e. The van der Waals surface area contributed by atoms with Gasteiger partial charge in [-0.2, -0.15) is 49.3 Å². The fourth-order valence-corrected chi connectivity index (χ4v) is 5.86. The lowest BCUT2D eigenvalue weighted by Crippen LogP contribution is -2.00.